The van der Waals surface area contributed by atoms with Gasteiger partial charge in [-0.15, -0.1) is 5.10 Å². The number of rotatable bonds is 5. The number of aromatic nitrogens is 6. The summed E-state index contributed by atoms with van der Waals surface area (Å²) >= 11 is 0. The second-order valence-electron chi connectivity index (χ2n) is 8.85. The van der Waals surface area contributed by atoms with E-state index in [0.717, 1.165) is 43.5 Å². The largest absolute Gasteiger partial charge is 0.456 e. The molecule has 2 aliphatic heterocycles. The molecule has 0 bridgehead atoms. The third-order valence-corrected chi connectivity index (χ3v) is 7.03. The number of hydrogen-bond acceptors (Lipinski definition) is 9. The predicted molar refractivity (Wildman–Crippen MR) is 111 cm³/mol. The number of tetrazole rings is 1. The van der Waals surface area contributed by atoms with Crippen molar-refractivity contribution < 1.29 is 14.3 Å². The number of carbonyl (C=O) groups is 2. The molecule has 2 aromatic heterocycles. The Labute approximate surface area is 185 Å². The van der Waals surface area contributed by atoms with Crippen LogP contribution in [0.1, 0.15) is 57.7 Å². The molecule has 0 aromatic carbocycles. The van der Waals surface area contributed by atoms with Crippen molar-refractivity contribution in [3.8, 4) is 5.82 Å². The first kappa shape index (κ1) is 20.7. The average molecular weight is 438 g/mol. The molecular formula is C21H26N8O3. The molecule has 2 aromatic rings. The Kier molecular flexibility index (Phi) is 5.20. The molecule has 2 fully saturated rings. The highest BCUT2D eigenvalue weighted by Crippen LogP contribution is 2.46. The van der Waals surface area contributed by atoms with Gasteiger partial charge in [-0.3, -0.25) is 9.78 Å². The molecule has 168 valence electrons. The van der Waals surface area contributed by atoms with Crippen LogP contribution in [-0.2, 0) is 14.3 Å². The Balaban J connectivity index is 1.18. The summed E-state index contributed by atoms with van der Waals surface area (Å²) in [5.74, 6) is 0.403. The fraction of sp³-hybridized carbons (Fsp3) is 0.571. The Hall–Kier alpha value is -3.21. The quantitative estimate of drug-likeness (QED) is 0.682. The standard InChI is InChI=1S/C21H26N8O3/c1-13-17(11-32-19(13)30)28-8-7-21(20(28)31)5-3-15(4-6-21)25-14(2)16-9-23-18(10-22-16)29-12-24-26-27-29/h9-10,12,14-15,25H,3-8,11H2,1-2H3. The minimum Gasteiger partial charge on any atom is -0.456 e. The summed E-state index contributed by atoms with van der Waals surface area (Å²) in [6.07, 6.45) is 9.24. The van der Waals surface area contributed by atoms with E-state index in [9.17, 15) is 9.59 Å². The van der Waals surface area contributed by atoms with Gasteiger partial charge < -0.3 is 15.0 Å². The second kappa shape index (κ2) is 8.05. The lowest BCUT2D eigenvalue weighted by molar-refractivity contribution is -0.138. The van der Waals surface area contributed by atoms with Gasteiger partial charge in [0.2, 0.25) is 5.91 Å². The van der Waals surface area contributed by atoms with Crippen molar-refractivity contribution in [3.05, 3.63) is 35.7 Å². The first-order chi connectivity index (χ1) is 15.5. The van der Waals surface area contributed by atoms with Crippen molar-refractivity contribution in [1.29, 1.82) is 0 Å². The van der Waals surface area contributed by atoms with Crippen molar-refractivity contribution >= 4 is 11.9 Å². The van der Waals surface area contributed by atoms with E-state index in [1.54, 1.807) is 24.2 Å². The fourth-order valence-corrected chi connectivity index (χ4v) is 5.01. The van der Waals surface area contributed by atoms with Gasteiger partial charge in [-0.2, -0.15) is 4.68 Å². The maximum Gasteiger partial charge on any atom is 0.336 e. The molecule has 0 radical (unpaired) electrons. The molecule has 4 heterocycles. The summed E-state index contributed by atoms with van der Waals surface area (Å²) in [7, 11) is 0. The summed E-state index contributed by atoms with van der Waals surface area (Å²) in [4.78, 5) is 35.7. The zero-order valence-electron chi connectivity index (χ0n) is 18.2. The number of esters is 1. The normalized spacial score (nSPS) is 26.8. The van der Waals surface area contributed by atoms with Gasteiger partial charge in [-0.25, -0.2) is 9.78 Å². The van der Waals surface area contributed by atoms with Crippen LogP contribution in [0.4, 0.5) is 0 Å². The molecule has 3 aliphatic rings. The minimum absolute atomic E-state index is 0.0368. The van der Waals surface area contributed by atoms with E-state index >= 15 is 0 Å². The van der Waals surface area contributed by atoms with E-state index in [2.05, 4.69) is 37.7 Å². The SMILES string of the molecule is CC1=C(N2CCC3(CCC(NC(C)c4cnc(-n5cnnn5)cn4)CC3)C2=O)COC1=O. The smallest absolute Gasteiger partial charge is 0.336 e. The zero-order valence-corrected chi connectivity index (χ0v) is 18.2. The molecule has 1 spiro atoms. The van der Waals surface area contributed by atoms with Crippen LogP contribution in [-0.4, -0.2) is 66.1 Å². The molecule has 32 heavy (non-hydrogen) atoms. The first-order valence-electron chi connectivity index (χ1n) is 11.0. The average Bonchev–Trinajstić information content (AvgIpc) is 3.53. The number of nitrogens with zero attached hydrogens (tertiary/aromatic N) is 7. The number of likely N-dealkylation sites (tertiary alicyclic amines) is 1. The molecule has 1 saturated heterocycles. The number of carbonyl (C=O) groups excluding carboxylic acids is 2. The molecule has 5 rings (SSSR count). The minimum atomic E-state index is -0.315. The van der Waals surface area contributed by atoms with E-state index in [0.29, 0.717) is 24.0 Å². The summed E-state index contributed by atoms with van der Waals surface area (Å²) in [5.41, 5.74) is 1.84. The molecule has 11 heteroatoms. The Bertz CT molecular complexity index is 1040. The number of cyclic esters (lactones) is 1. The molecule has 1 atom stereocenters. The van der Waals surface area contributed by atoms with Crippen LogP contribution in [0.5, 0.6) is 0 Å². The van der Waals surface area contributed by atoms with Crippen LogP contribution in [0.15, 0.2) is 30.0 Å². The van der Waals surface area contributed by atoms with Gasteiger partial charge >= 0.3 is 5.97 Å². The van der Waals surface area contributed by atoms with Gasteiger partial charge in [0.15, 0.2) is 5.82 Å². The monoisotopic (exact) mass is 438 g/mol. The highest BCUT2D eigenvalue weighted by molar-refractivity contribution is 5.94. The van der Waals surface area contributed by atoms with E-state index in [1.165, 1.54) is 11.0 Å². The Morgan fingerprint density at radius 2 is 2.00 bits per heavy atom. The third-order valence-electron chi connectivity index (χ3n) is 7.03. The highest BCUT2D eigenvalue weighted by atomic mass is 16.5. The van der Waals surface area contributed by atoms with Crippen LogP contribution in [0.2, 0.25) is 0 Å². The number of ether oxygens (including phenoxy) is 1. The Morgan fingerprint density at radius 1 is 1.19 bits per heavy atom. The molecule has 1 unspecified atom stereocenters. The number of amides is 1. The highest BCUT2D eigenvalue weighted by Gasteiger charge is 2.50. The molecule has 11 nitrogen and oxygen atoms in total. The summed E-state index contributed by atoms with van der Waals surface area (Å²) < 4.78 is 6.57. The van der Waals surface area contributed by atoms with E-state index in [-0.39, 0.29) is 29.9 Å². The maximum atomic E-state index is 13.3. The van der Waals surface area contributed by atoms with Crippen LogP contribution in [0, 0.1) is 5.41 Å². The summed E-state index contributed by atoms with van der Waals surface area (Å²) in [6.45, 7) is 4.69. The zero-order chi connectivity index (χ0) is 22.3. The third kappa shape index (κ3) is 3.56. The topological polar surface area (TPSA) is 128 Å². The van der Waals surface area contributed by atoms with Gasteiger partial charge in [-0.1, -0.05) is 0 Å². The van der Waals surface area contributed by atoms with Crippen LogP contribution in [0.25, 0.3) is 5.82 Å². The van der Waals surface area contributed by atoms with Crippen molar-refractivity contribution in [1.82, 2.24) is 40.4 Å². The molecule has 1 N–H and O–H groups in total. The van der Waals surface area contributed by atoms with Crippen molar-refractivity contribution in [2.75, 3.05) is 13.2 Å². The fourth-order valence-electron chi connectivity index (χ4n) is 5.01. The van der Waals surface area contributed by atoms with Gasteiger partial charge in [0.05, 0.1) is 34.8 Å². The van der Waals surface area contributed by atoms with Gasteiger partial charge in [0, 0.05) is 18.6 Å². The Morgan fingerprint density at radius 3 is 2.62 bits per heavy atom. The number of hydrogen-bond donors (Lipinski definition) is 1. The van der Waals surface area contributed by atoms with Crippen molar-refractivity contribution in [3.63, 3.8) is 0 Å². The maximum absolute atomic E-state index is 13.3. The lowest BCUT2D eigenvalue weighted by atomic mass is 9.71. The van der Waals surface area contributed by atoms with Gasteiger partial charge in [0.25, 0.3) is 0 Å². The lowest BCUT2D eigenvalue weighted by Gasteiger charge is -2.37. The lowest BCUT2D eigenvalue weighted by Crippen LogP contribution is -2.42. The first-order valence-corrected chi connectivity index (χ1v) is 11.0. The van der Waals surface area contributed by atoms with Crippen LogP contribution in [0.3, 0.4) is 0 Å². The summed E-state index contributed by atoms with van der Waals surface area (Å²) in [6, 6.07) is 0.352. The van der Waals surface area contributed by atoms with E-state index in [1.807, 2.05) is 0 Å². The summed E-state index contributed by atoms with van der Waals surface area (Å²) in [5, 5.41) is 14.7. The van der Waals surface area contributed by atoms with Crippen LogP contribution < -0.4 is 5.32 Å². The van der Waals surface area contributed by atoms with Crippen molar-refractivity contribution in [2.24, 2.45) is 5.41 Å². The molecule has 1 saturated carbocycles. The number of nitrogens with one attached hydrogen (secondary N) is 1. The van der Waals surface area contributed by atoms with Crippen LogP contribution >= 0.6 is 0 Å². The van der Waals surface area contributed by atoms with Gasteiger partial charge in [0.1, 0.15) is 12.9 Å². The molecule has 1 amide bonds. The second-order valence-corrected chi connectivity index (χ2v) is 8.85. The van der Waals surface area contributed by atoms with E-state index < -0.39 is 0 Å². The predicted octanol–water partition coefficient (Wildman–Crippen LogP) is 1.09. The van der Waals surface area contributed by atoms with Crippen molar-refractivity contribution in [2.45, 2.75) is 58.0 Å². The molecular weight excluding hydrogens is 412 g/mol. The molecule has 1 aliphatic carbocycles. The van der Waals surface area contributed by atoms with Gasteiger partial charge in [-0.05, 0) is 56.4 Å². The van der Waals surface area contributed by atoms with E-state index in [4.69, 9.17) is 4.74 Å².